The Kier molecular flexibility index (Phi) is 19.5. The van der Waals surface area contributed by atoms with Gasteiger partial charge in [0.1, 0.15) is 0 Å². The summed E-state index contributed by atoms with van der Waals surface area (Å²) in [5.74, 6) is 0. The molecule has 0 saturated heterocycles. The van der Waals surface area contributed by atoms with Gasteiger partial charge in [0.25, 0.3) is 0 Å². The Morgan fingerprint density at radius 1 is 0.194 bits per heavy atom. The molecule has 15 rings (SSSR count). The first-order chi connectivity index (χ1) is 50.7. The number of hydrogen-bond donors (Lipinski definition) is 0. The van der Waals surface area contributed by atoms with Crippen molar-refractivity contribution in [2.45, 2.75) is 27.7 Å². The highest BCUT2D eigenvalue weighted by atomic mass is 28.3. The molecule has 0 unspecified atom stereocenters. The molecule has 496 valence electrons. The van der Waals surface area contributed by atoms with E-state index in [0.717, 1.165) is 84.9 Å². The SMILES string of the molecule is Cc1ccc(C=Cc2cc(C)c(C=Cc3ccc(-c4ccc(N(c5ccccc5)c5ccc([Si](c6ccc(N(c7ccccc7)c7ccccc7)cc6)(c6ccc(N(c7ccccc7)c7ccccc7)cc6)c6ccc(N(c7ccccc7)c7ccc(C)cc7)cc6)cc5)cc4)cc3)cc2C)cc1. The molecule has 103 heavy (non-hydrogen) atoms. The van der Waals surface area contributed by atoms with Gasteiger partial charge in [-0.25, -0.2) is 0 Å². The second kappa shape index (κ2) is 30.4. The van der Waals surface area contributed by atoms with E-state index < -0.39 is 8.07 Å². The zero-order valence-corrected chi connectivity index (χ0v) is 59.5. The molecule has 0 amide bonds. The van der Waals surface area contributed by atoms with Gasteiger partial charge in [-0.3, -0.25) is 0 Å². The number of anilines is 12. The predicted octanol–water partition coefficient (Wildman–Crippen LogP) is 24.2. The standard InChI is InChI=1S/C98H80N4Si/c1-73-35-39-77(40-36-73)43-47-81-71-76(4)82(72-75(81)3)48-44-78-41-45-79(46-42-78)80-49-53-90(54-50-80)102(88-33-21-10-22-34-88)94-61-69-98(70-62-94)103(95-63-55-91(56-64-95)99(83-23-11-5-12-24-83)84-25-13-6-14-26-84,96-65-57-92(58-66-96)100(85-27-15-7-16-28-85)86-29-17-8-18-30-86)97-67-59-93(60-68-97)101(87-31-19-9-20-32-87)89-51-37-74(2)38-52-89/h5-72H,1-4H3. The maximum atomic E-state index is 2.42. The van der Waals surface area contributed by atoms with Gasteiger partial charge in [-0.1, -0.05) is 278 Å². The minimum Gasteiger partial charge on any atom is -0.311 e. The van der Waals surface area contributed by atoms with Gasteiger partial charge in [-0.2, -0.15) is 0 Å². The Hall–Kier alpha value is -12.8. The third kappa shape index (κ3) is 14.4. The van der Waals surface area contributed by atoms with Crippen LogP contribution < -0.4 is 40.3 Å². The fourth-order valence-electron chi connectivity index (χ4n) is 14.2. The molecule has 0 heterocycles. The first-order valence-corrected chi connectivity index (χ1v) is 37.4. The van der Waals surface area contributed by atoms with Crippen LogP contribution in [0.15, 0.2) is 388 Å². The molecule has 0 N–H and O–H groups in total. The fourth-order valence-corrected chi connectivity index (χ4v) is 18.9. The Balaban J connectivity index is 0.830. The molecular weight excluding hydrogens is 1260 g/mol. The summed E-state index contributed by atoms with van der Waals surface area (Å²) in [6.07, 6.45) is 8.89. The zero-order chi connectivity index (χ0) is 69.9. The van der Waals surface area contributed by atoms with Gasteiger partial charge < -0.3 is 19.6 Å². The summed E-state index contributed by atoms with van der Waals surface area (Å²) in [6.45, 7) is 8.67. The van der Waals surface area contributed by atoms with Crippen molar-refractivity contribution in [3.8, 4) is 11.1 Å². The molecule has 15 aromatic carbocycles. The predicted molar refractivity (Wildman–Crippen MR) is 444 cm³/mol. The maximum absolute atomic E-state index is 3.35. The third-order valence-corrected chi connectivity index (χ3v) is 24.4. The number of nitrogens with zero attached hydrogens (tertiary/aromatic N) is 4. The lowest BCUT2D eigenvalue weighted by atomic mass is 9.98. The number of benzene rings is 15. The van der Waals surface area contributed by atoms with Crippen LogP contribution in [0.5, 0.6) is 0 Å². The van der Waals surface area contributed by atoms with Crippen LogP contribution in [0.3, 0.4) is 0 Å². The molecule has 0 atom stereocenters. The van der Waals surface area contributed by atoms with Crippen molar-refractivity contribution in [1.82, 2.24) is 0 Å². The summed E-state index contributed by atoms with van der Waals surface area (Å²) in [7, 11) is -3.35. The Morgan fingerprint density at radius 3 is 0.641 bits per heavy atom. The Bertz CT molecular complexity index is 5120. The molecule has 5 heteroatoms. The lowest BCUT2D eigenvalue weighted by Crippen LogP contribution is -2.74. The van der Waals surface area contributed by atoms with E-state index in [-0.39, 0.29) is 0 Å². The summed E-state index contributed by atoms with van der Waals surface area (Å²) < 4.78 is 0. The highest BCUT2D eigenvalue weighted by Gasteiger charge is 2.42. The van der Waals surface area contributed by atoms with E-state index in [1.165, 1.54) is 59.7 Å². The lowest BCUT2D eigenvalue weighted by molar-refractivity contribution is 1.28. The van der Waals surface area contributed by atoms with E-state index in [4.69, 9.17) is 0 Å². The van der Waals surface area contributed by atoms with Crippen LogP contribution in [0.4, 0.5) is 68.2 Å². The molecule has 0 aliphatic heterocycles. The Labute approximate surface area is 608 Å². The van der Waals surface area contributed by atoms with E-state index in [1.807, 2.05) is 0 Å². The van der Waals surface area contributed by atoms with E-state index in [2.05, 4.69) is 460 Å². The lowest BCUT2D eigenvalue weighted by Gasteiger charge is -2.36. The number of aryl methyl sites for hydroxylation is 4. The van der Waals surface area contributed by atoms with E-state index in [0.29, 0.717) is 0 Å². The molecule has 0 spiro atoms. The minimum absolute atomic E-state index is 1.06. The van der Waals surface area contributed by atoms with Gasteiger partial charge in [-0.05, 0) is 239 Å². The molecule has 0 fully saturated rings. The molecule has 0 aromatic heterocycles. The van der Waals surface area contributed by atoms with Crippen LogP contribution in [0.25, 0.3) is 35.4 Å². The highest BCUT2D eigenvalue weighted by Crippen LogP contribution is 2.40. The molecule has 0 saturated carbocycles. The first kappa shape index (κ1) is 66.1. The topological polar surface area (TPSA) is 13.0 Å². The van der Waals surface area contributed by atoms with E-state index >= 15 is 0 Å². The van der Waals surface area contributed by atoms with Gasteiger partial charge in [0.15, 0.2) is 8.07 Å². The van der Waals surface area contributed by atoms with Crippen molar-refractivity contribution >= 4 is 121 Å². The zero-order valence-electron chi connectivity index (χ0n) is 58.5. The summed E-state index contributed by atoms with van der Waals surface area (Å²) in [5, 5.41) is 5.01. The van der Waals surface area contributed by atoms with Crippen molar-refractivity contribution < 1.29 is 0 Å². The first-order valence-electron chi connectivity index (χ1n) is 35.4. The third-order valence-electron chi connectivity index (χ3n) is 19.6. The van der Waals surface area contributed by atoms with Crippen LogP contribution in [-0.4, -0.2) is 8.07 Å². The molecule has 0 aliphatic carbocycles. The van der Waals surface area contributed by atoms with Crippen molar-refractivity contribution in [3.63, 3.8) is 0 Å². The second-order valence-corrected chi connectivity index (χ2v) is 30.2. The van der Waals surface area contributed by atoms with Crippen LogP contribution in [-0.2, 0) is 0 Å². The summed E-state index contributed by atoms with van der Waals surface area (Å²) in [5.41, 5.74) is 25.1. The number of para-hydroxylation sites is 6. The highest BCUT2D eigenvalue weighted by molar-refractivity contribution is 7.20. The normalized spacial score (nSPS) is 11.4. The van der Waals surface area contributed by atoms with Gasteiger partial charge in [0.05, 0.1) is 0 Å². The van der Waals surface area contributed by atoms with Crippen LogP contribution in [0, 0.1) is 27.7 Å². The van der Waals surface area contributed by atoms with Crippen LogP contribution in [0.1, 0.15) is 44.5 Å². The van der Waals surface area contributed by atoms with Crippen molar-refractivity contribution in [2.24, 2.45) is 0 Å². The second-order valence-electron chi connectivity index (χ2n) is 26.4. The van der Waals surface area contributed by atoms with Gasteiger partial charge in [0, 0.05) is 68.2 Å². The van der Waals surface area contributed by atoms with Crippen LogP contribution in [0.2, 0.25) is 0 Å². The van der Waals surface area contributed by atoms with E-state index in [1.54, 1.807) is 0 Å². The summed E-state index contributed by atoms with van der Waals surface area (Å²) >= 11 is 0. The van der Waals surface area contributed by atoms with Gasteiger partial charge in [0.2, 0.25) is 0 Å². The maximum Gasteiger partial charge on any atom is 0.179 e. The molecule has 15 aromatic rings. The summed E-state index contributed by atoms with van der Waals surface area (Å²) in [4.78, 5) is 9.45. The summed E-state index contributed by atoms with van der Waals surface area (Å²) in [6, 6.07) is 142. The molecular formula is C98H80N4Si. The van der Waals surface area contributed by atoms with Gasteiger partial charge >= 0.3 is 0 Å². The smallest absolute Gasteiger partial charge is 0.179 e. The van der Waals surface area contributed by atoms with Gasteiger partial charge in [-0.15, -0.1) is 0 Å². The Morgan fingerprint density at radius 2 is 0.388 bits per heavy atom. The molecule has 0 aliphatic rings. The van der Waals surface area contributed by atoms with Crippen LogP contribution >= 0.6 is 0 Å². The average Bonchev–Trinajstić information content (AvgIpc) is 0.726. The van der Waals surface area contributed by atoms with Crippen molar-refractivity contribution in [1.29, 1.82) is 0 Å². The number of hydrogen-bond acceptors (Lipinski definition) is 4. The largest absolute Gasteiger partial charge is 0.311 e. The molecule has 0 radical (unpaired) electrons. The molecule has 0 bridgehead atoms. The monoisotopic (exact) mass is 1340 g/mol. The quantitative estimate of drug-likeness (QED) is 0.0404. The van der Waals surface area contributed by atoms with Crippen molar-refractivity contribution in [3.05, 3.63) is 433 Å². The fraction of sp³-hybridized carbons (Fsp3) is 0.0408. The molecule has 4 nitrogen and oxygen atoms in total. The minimum atomic E-state index is -3.35. The average molecular weight is 1340 g/mol. The van der Waals surface area contributed by atoms with E-state index in [9.17, 15) is 0 Å². The number of rotatable bonds is 21. The van der Waals surface area contributed by atoms with Crippen molar-refractivity contribution in [2.75, 3.05) is 19.6 Å².